The van der Waals surface area contributed by atoms with Crippen molar-refractivity contribution >= 4 is 36.5 Å². The van der Waals surface area contributed by atoms with Gasteiger partial charge in [0.25, 0.3) is 8.32 Å². The van der Waals surface area contributed by atoms with Crippen LogP contribution in [0.4, 0.5) is 0 Å². The Morgan fingerprint density at radius 3 is 0.918 bits per heavy atom. The van der Waals surface area contributed by atoms with E-state index in [4.69, 9.17) is 89.7 Å². The van der Waals surface area contributed by atoms with Crippen molar-refractivity contribution in [2.75, 3.05) is 26.4 Å². The molecule has 0 aromatic heterocycles. The predicted molar refractivity (Wildman–Crippen MR) is 502 cm³/mol. The van der Waals surface area contributed by atoms with E-state index in [0.29, 0.717) is 5.56 Å². The zero-order valence-corrected chi connectivity index (χ0v) is 77.4. The Balaban J connectivity index is 0.881. The van der Waals surface area contributed by atoms with E-state index in [1.54, 1.807) is 0 Å². The number of aliphatic hydroxyl groups is 1. The number of carbonyl (C=O) groups is 3. The fourth-order valence-electron chi connectivity index (χ4n) is 17.7. The summed E-state index contributed by atoms with van der Waals surface area (Å²) in [6.07, 6.45) is -25.9. The number of hydrogen-bond donors (Lipinski definition) is 2. The minimum atomic E-state index is -3.47. The van der Waals surface area contributed by atoms with E-state index in [1.807, 2.05) is 309 Å². The second-order valence-electron chi connectivity index (χ2n) is 34.9. The Bertz CT molecular complexity index is 5230. The van der Waals surface area contributed by atoms with Crippen molar-refractivity contribution in [1.82, 2.24) is 5.32 Å². The molecular weight excluding hydrogens is 1720 g/mol. The SMILES string of the molecule is CC(=O)N[C@H]1[C@H](O[C@H]2[C@H](OCc3ccccc3)[C@H](OC(C)=O)[C@@H](O)O[C@@H]2CO[C@H]2O[C@H](COCc3ccccc3)[C@@H](OCc3ccccc3)[C@H](OCc3ccccc3)[C@@H]2O[C@H]2O[C@H](CO[Si](c3ccccc3)(c3ccccc3)C(C)(C)C)[C@@H](OCc3ccccc3)[C@H](OCc3ccccc3)[C@@H]2OC(C)=O)O[C@H](COCc2ccccc2)[C@H](OCc2ccccc2)[C@@H]1OCc1ccccc1. The van der Waals surface area contributed by atoms with Crippen LogP contribution in [0.3, 0.4) is 0 Å². The maximum Gasteiger partial charge on any atom is 0.303 e. The minimum Gasteiger partial charge on any atom is -0.454 e. The zero-order chi connectivity index (χ0) is 92.9. The van der Waals surface area contributed by atoms with Crippen LogP contribution in [0.5, 0.6) is 0 Å². The third-order valence-electron chi connectivity index (χ3n) is 24.1. The van der Waals surface area contributed by atoms with Gasteiger partial charge in [-0.2, -0.15) is 0 Å². The fourth-order valence-corrected chi connectivity index (χ4v) is 22.3. The molecule has 704 valence electrons. The summed E-state index contributed by atoms with van der Waals surface area (Å²) in [6.45, 7) is 9.90. The number of ether oxygens (including phenoxy) is 18. The van der Waals surface area contributed by atoms with Crippen LogP contribution in [-0.2, 0) is 164 Å². The van der Waals surface area contributed by atoms with E-state index in [9.17, 15) is 19.5 Å². The summed E-state index contributed by atoms with van der Waals surface area (Å²) in [7, 11) is -3.47. The van der Waals surface area contributed by atoms with Crippen LogP contribution in [0.1, 0.15) is 91.6 Å². The average Bonchev–Trinajstić information content (AvgIpc) is 0.741. The maximum atomic E-state index is 14.5. The number of benzene rings is 11. The van der Waals surface area contributed by atoms with Gasteiger partial charge in [0.15, 0.2) is 37.4 Å². The third kappa shape index (κ3) is 26.7. The minimum absolute atomic E-state index is 0.000388. The number of hydrogen-bond acceptors (Lipinski definition) is 23. The number of aliphatic hydroxyl groups excluding tert-OH is 1. The van der Waals surface area contributed by atoms with Crippen LogP contribution < -0.4 is 15.7 Å². The quantitative estimate of drug-likeness (QED) is 0.0266. The molecule has 134 heavy (non-hydrogen) atoms. The van der Waals surface area contributed by atoms with Crippen molar-refractivity contribution in [1.29, 1.82) is 0 Å². The molecule has 1 amide bonds. The monoisotopic (exact) mass is 1840 g/mol. The van der Waals surface area contributed by atoms with E-state index in [1.165, 1.54) is 20.8 Å². The second-order valence-corrected chi connectivity index (χ2v) is 39.2. The van der Waals surface area contributed by atoms with Crippen LogP contribution in [-0.4, -0.2) is 180 Å². The molecule has 2 N–H and O–H groups in total. The molecule has 0 spiro atoms. The van der Waals surface area contributed by atoms with Gasteiger partial charge < -0.3 is 100 Å². The average molecular weight is 1840 g/mol. The number of carbonyl (C=O) groups excluding carboxylic acids is 3. The van der Waals surface area contributed by atoms with E-state index >= 15 is 0 Å². The molecule has 0 radical (unpaired) electrons. The summed E-state index contributed by atoms with van der Waals surface area (Å²) in [5, 5.41) is 17.5. The Kier molecular flexibility index (Phi) is 35.9. The van der Waals surface area contributed by atoms with Crippen LogP contribution in [0.2, 0.25) is 5.04 Å². The molecular formula is C109H121NO23Si. The standard InChI is InChI=1S/C109H121NO23Si/c1-75(111)110-93-98(120-67-83-50-28-12-29-51-83)94(117-64-80-44-22-9-23-45-80)89(71-115-62-78-40-18-7-19-41-78)129-106(93)132-97-91(128-105(114)102(126-76(2)112)101(97)123-70-86-56-34-15-35-57-86)73-124-107-103(99(121-68-84-52-30-13-31-53-84)95(118-65-81-46-24-10-25-47-81)90(130-107)72-116-63-79-42-20-8-21-43-79)133-108-104(127-77(3)113)100(122-69-85-54-32-14-33-55-85)96(119-66-82-48-26-11-27-49-82)92(131-108)74-125-134(109(4,5)6,87-58-36-16-37-59-87)88-60-38-17-39-61-88/h7-61,89-108,114H,62-74H2,1-6H3,(H,110,111)/t89-,90-,91-,92-,93-,94+,95-,96-,97-,98-,99+,100+,101+,102+,103+,104+,105+,106+,107+,108-/m1/s1. The highest BCUT2D eigenvalue weighted by Crippen LogP contribution is 2.43. The first kappa shape index (κ1) is 97.9. The highest BCUT2D eigenvalue weighted by Gasteiger charge is 2.60. The largest absolute Gasteiger partial charge is 0.454 e. The first-order valence-electron chi connectivity index (χ1n) is 45.9. The molecule has 4 aliphatic heterocycles. The molecule has 0 saturated carbocycles. The van der Waals surface area contributed by atoms with Crippen molar-refractivity contribution in [3.8, 4) is 0 Å². The van der Waals surface area contributed by atoms with Crippen molar-refractivity contribution in [2.24, 2.45) is 0 Å². The molecule has 0 aliphatic carbocycles. The van der Waals surface area contributed by atoms with Gasteiger partial charge in [-0.3, -0.25) is 14.4 Å². The van der Waals surface area contributed by atoms with E-state index in [2.05, 4.69) is 50.4 Å². The molecule has 4 aliphatic rings. The zero-order valence-electron chi connectivity index (χ0n) is 76.4. The number of esters is 2. The first-order chi connectivity index (χ1) is 65.5. The molecule has 4 fully saturated rings. The van der Waals surface area contributed by atoms with E-state index < -0.39 is 161 Å². The normalized spacial score (nSPS) is 25.4. The molecule has 25 heteroatoms. The van der Waals surface area contributed by atoms with Gasteiger partial charge in [-0.25, -0.2) is 0 Å². The molecule has 11 aromatic rings. The lowest BCUT2D eigenvalue weighted by molar-refractivity contribution is -0.386. The smallest absolute Gasteiger partial charge is 0.303 e. The topological polar surface area (TPSA) is 259 Å². The maximum absolute atomic E-state index is 14.5. The Morgan fingerprint density at radius 1 is 0.291 bits per heavy atom. The molecule has 0 unspecified atom stereocenters. The van der Waals surface area contributed by atoms with Crippen LogP contribution >= 0.6 is 0 Å². The Hall–Kier alpha value is -10.7. The molecule has 20 atom stereocenters. The van der Waals surface area contributed by atoms with Crippen molar-refractivity contribution < 1.29 is 109 Å². The highest BCUT2D eigenvalue weighted by molar-refractivity contribution is 6.99. The van der Waals surface area contributed by atoms with Crippen molar-refractivity contribution in [3.63, 3.8) is 0 Å². The molecule has 4 saturated heterocycles. The van der Waals surface area contributed by atoms with Crippen molar-refractivity contribution in [2.45, 2.75) is 229 Å². The van der Waals surface area contributed by atoms with Gasteiger partial charge in [-0.15, -0.1) is 0 Å². The van der Waals surface area contributed by atoms with E-state index in [-0.39, 0.29) is 79.3 Å². The molecule has 24 nitrogen and oxygen atoms in total. The van der Waals surface area contributed by atoms with Gasteiger partial charge in [0.2, 0.25) is 5.91 Å². The number of rotatable bonds is 44. The third-order valence-corrected chi connectivity index (χ3v) is 29.1. The summed E-state index contributed by atoms with van der Waals surface area (Å²) in [5.74, 6) is -1.98. The van der Waals surface area contributed by atoms with Gasteiger partial charge in [-0.1, -0.05) is 354 Å². The van der Waals surface area contributed by atoms with Crippen LogP contribution in [0, 0.1) is 0 Å². The Labute approximate surface area is 785 Å². The van der Waals surface area contributed by atoms with Crippen LogP contribution in [0.25, 0.3) is 0 Å². The molecule has 0 bridgehead atoms. The predicted octanol–water partition coefficient (Wildman–Crippen LogP) is 15.1. The van der Waals surface area contributed by atoms with Gasteiger partial charge in [-0.05, 0) is 65.5 Å². The van der Waals surface area contributed by atoms with Gasteiger partial charge in [0.1, 0.15) is 85.4 Å². The second kappa shape index (κ2) is 49.2. The first-order valence-corrected chi connectivity index (χ1v) is 47.8. The van der Waals surface area contributed by atoms with Crippen LogP contribution in [0.15, 0.2) is 334 Å². The van der Waals surface area contributed by atoms with Gasteiger partial charge in [0.05, 0.1) is 85.9 Å². The van der Waals surface area contributed by atoms with Gasteiger partial charge >= 0.3 is 11.9 Å². The highest BCUT2D eigenvalue weighted by atomic mass is 28.4. The number of amides is 1. The van der Waals surface area contributed by atoms with Gasteiger partial charge in [0, 0.05) is 20.8 Å². The lowest BCUT2D eigenvalue weighted by atomic mass is 9.94. The lowest BCUT2D eigenvalue weighted by Crippen LogP contribution is -2.69. The molecule has 15 rings (SSSR count). The van der Waals surface area contributed by atoms with E-state index in [0.717, 1.165) is 54.9 Å². The summed E-state index contributed by atoms with van der Waals surface area (Å²) >= 11 is 0. The number of nitrogens with one attached hydrogen (secondary N) is 1. The summed E-state index contributed by atoms with van der Waals surface area (Å²) in [5.41, 5.74) is 7.35. The fraction of sp³-hybridized carbons (Fsp3) is 0.367. The lowest BCUT2D eigenvalue weighted by Gasteiger charge is -2.51. The summed E-state index contributed by atoms with van der Waals surface area (Å²) in [6, 6.07) is 106. The summed E-state index contributed by atoms with van der Waals surface area (Å²) < 4.78 is 137. The summed E-state index contributed by atoms with van der Waals surface area (Å²) in [4.78, 5) is 42.6. The van der Waals surface area contributed by atoms with Crippen molar-refractivity contribution in [3.05, 3.63) is 384 Å². The molecule has 11 aromatic carbocycles. The molecule has 4 heterocycles. The Morgan fingerprint density at radius 2 is 0.567 bits per heavy atom.